The number of nitrogens with two attached hydrogens (primary N) is 2. The summed E-state index contributed by atoms with van der Waals surface area (Å²) in [5, 5.41) is 16.6. The highest BCUT2D eigenvalue weighted by atomic mass is 32.2. The highest BCUT2D eigenvalue weighted by Gasteiger charge is 2.34. The van der Waals surface area contributed by atoms with E-state index < -0.39 is 29.8 Å². The molecule has 15 heteroatoms. The van der Waals surface area contributed by atoms with Gasteiger partial charge in [-0.15, -0.1) is 5.11 Å². The first-order valence-corrected chi connectivity index (χ1v) is 13.8. The van der Waals surface area contributed by atoms with Crippen LogP contribution in [-0.2, 0) is 20.0 Å². The molecule has 1 saturated heterocycles. The Morgan fingerprint density at radius 2 is 1.80 bits per heavy atom. The fourth-order valence-corrected chi connectivity index (χ4v) is 7.26. The third kappa shape index (κ3) is 4.43. The number of aromatic amines is 1. The van der Waals surface area contributed by atoms with Crippen LogP contribution in [0.25, 0.3) is 22.2 Å². The van der Waals surface area contributed by atoms with Crippen LogP contribution < -0.4 is 20.9 Å². The third-order valence-corrected chi connectivity index (χ3v) is 8.54. The number of azo groups is 1. The van der Waals surface area contributed by atoms with E-state index in [4.69, 9.17) is 10.9 Å². The molecular formula is C20H23N9O4S2. The second kappa shape index (κ2) is 8.76. The number of fused-ring (bicyclic) bond motifs is 1. The topological polar surface area (TPSA) is 210 Å². The minimum absolute atomic E-state index is 0.0251. The third-order valence-electron chi connectivity index (χ3n) is 5.85. The summed E-state index contributed by atoms with van der Waals surface area (Å²) in [6.45, 7) is 1.27. The van der Waals surface area contributed by atoms with Gasteiger partial charge >= 0.3 is 0 Å². The zero-order valence-electron chi connectivity index (χ0n) is 18.4. The molecule has 7 N–H and O–H groups in total. The summed E-state index contributed by atoms with van der Waals surface area (Å²) in [5.41, 5.74) is 7.67. The quantitative estimate of drug-likeness (QED) is 0.315. The number of aliphatic imine (C=N–C) groups is 1. The number of benzene rings is 2. The molecule has 2 aliphatic rings. The highest BCUT2D eigenvalue weighted by molar-refractivity contribution is 7.92. The van der Waals surface area contributed by atoms with Gasteiger partial charge in [-0.1, -0.05) is 18.2 Å². The van der Waals surface area contributed by atoms with E-state index in [1.54, 1.807) is 18.2 Å². The van der Waals surface area contributed by atoms with Crippen molar-refractivity contribution < 1.29 is 16.8 Å². The molecule has 2 aliphatic heterocycles. The Labute approximate surface area is 201 Å². The number of sulfonamides is 2. The van der Waals surface area contributed by atoms with Crippen LogP contribution in [0.1, 0.15) is 18.4 Å². The van der Waals surface area contributed by atoms with E-state index in [1.807, 2.05) is 0 Å². The molecule has 0 bridgehead atoms. The van der Waals surface area contributed by atoms with Gasteiger partial charge in [0.1, 0.15) is 9.79 Å². The fourth-order valence-electron chi connectivity index (χ4n) is 4.35. The molecule has 3 heterocycles. The number of hydrogen-bond acceptors (Lipinski definition) is 10. The molecule has 13 nitrogen and oxygen atoms in total. The number of aromatic nitrogens is 2. The van der Waals surface area contributed by atoms with E-state index in [-0.39, 0.29) is 30.1 Å². The Morgan fingerprint density at radius 3 is 2.49 bits per heavy atom. The summed E-state index contributed by atoms with van der Waals surface area (Å²) < 4.78 is 55.3. The van der Waals surface area contributed by atoms with Crippen LogP contribution in [0.2, 0.25) is 0 Å². The van der Waals surface area contributed by atoms with Gasteiger partial charge in [-0.25, -0.2) is 36.7 Å². The molecule has 2 aromatic carbocycles. The van der Waals surface area contributed by atoms with Crippen molar-refractivity contribution >= 4 is 42.9 Å². The predicted molar refractivity (Wildman–Crippen MR) is 130 cm³/mol. The Hall–Kier alpha value is -3.24. The first-order valence-electron chi connectivity index (χ1n) is 10.7. The van der Waals surface area contributed by atoms with E-state index >= 15 is 0 Å². The van der Waals surface area contributed by atoms with Crippen LogP contribution in [0.4, 0.5) is 5.95 Å². The molecule has 5 rings (SSSR count). The van der Waals surface area contributed by atoms with E-state index in [0.29, 0.717) is 48.1 Å². The minimum Gasteiger partial charge on any atom is -0.369 e. The van der Waals surface area contributed by atoms with Crippen molar-refractivity contribution in [2.75, 3.05) is 25.5 Å². The molecule has 0 saturated carbocycles. The summed E-state index contributed by atoms with van der Waals surface area (Å²) in [7, 11) is -8.84. The van der Waals surface area contributed by atoms with Crippen molar-refractivity contribution in [2.24, 2.45) is 20.4 Å². The number of rotatable bonds is 6. The molecule has 3 aromatic rings. The molecule has 184 valence electrons. The molecule has 0 aliphatic carbocycles. The van der Waals surface area contributed by atoms with Gasteiger partial charge in [0, 0.05) is 11.6 Å². The van der Waals surface area contributed by atoms with E-state index in [1.165, 1.54) is 12.1 Å². The number of amidine groups is 1. The molecule has 0 unspecified atom stereocenters. The van der Waals surface area contributed by atoms with E-state index in [2.05, 4.69) is 35.2 Å². The van der Waals surface area contributed by atoms with Gasteiger partial charge in [0.15, 0.2) is 18.5 Å². The Morgan fingerprint density at radius 1 is 1.03 bits per heavy atom. The number of primary sulfonamides is 1. The SMILES string of the molecule is Nc1nc2c(-c3ccc(S(=O)(=O)NC4CCNCC4)c(S(N)(=O)=O)c3C3=NCN=N3)cccc2[nH]1. The standard InChI is InChI=1S/C20H23N9O4S2/c21-20-26-14-3-1-2-13(17(14)27-20)12-4-5-15(35(32,33)29-11-6-8-23-9-7-11)18(34(22,30)31)16(12)19-24-10-25-28-19/h1-5,11,23,29H,6-10H2,(H3,21,26,27)(H2,22,30,31). The van der Waals surface area contributed by atoms with Gasteiger partial charge in [0.05, 0.1) is 16.6 Å². The van der Waals surface area contributed by atoms with E-state index in [9.17, 15) is 16.8 Å². The number of piperidine rings is 1. The number of anilines is 1. The van der Waals surface area contributed by atoms with Crippen molar-refractivity contribution in [1.82, 2.24) is 20.0 Å². The summed E-state index contributed by atoms with van der Waals surface area (Å²) in [6.07, 6.45) is 1.14. The van der Waals surface area contributed by atoms with Gasteiger partial charge in [-0.05, 0) is 43.6 Å². The lowest BCUT2D eigenvalue weighted by Gasteiger charge is -2.24. The van der Waals surface area contributed by atoms with Crippen molar-refractivity contribution in [3.8, 4) is 11.1 Å². The monoisotopic (exact) mass is 517 g/mol. The maximum absolute atomic E-state index is 13.4. The number of nitrogens with one attached hydrogen (secondary N) is 3. The zero-order chi connectivity index (χ0) is 24.8. The first-order chi connectivity index (χ1) is 16.6. The number of para-hydroxylation sites is 1. The Bertz CT molecular complexity index is 1590. The van der Waals surface area contributed by atoms with Gasteiger partial charge in [-0.3, -0.25) is 0 Å². The maximum atomic E-state index is 13.4. The van der Waals surface area contributed by atoms with Crippen LogP contribution in [0.5, 0.6) is 0 Å². The van der Waals surface area contributed by atoms with Crippen molar-refractivity contribution in [2.45, 2.75) is 28.7 Å². The number of H-pyrrole nitrogens is 1. The largest absolute Gasteiger partial charge is 0.369 e. The zero-order valence-corrected chi connectivity index (χ0v) is 20.0. The molecular weight excluding hydrogens is 494 g/mol. The Balaban J connectivity index is 1.78. The number of nitrogen functional groups attached to an aromatic ring is 1. The number of imidazole rings is 1. The summed E-state index contributed by atoms with van der Waals surface area (Å²) in [6, 6.07) is 7.58. The molecule has 0 radical (unpaired) electrons. The summed E-state index contributed by atoms with van der Waals surface area (Å²) in [4.78, 5) is 10.3. The normalized spacial score (nSPS) is 17.2. The average Bonchev–Trinajstić information content (AvgIpc) is 3.46. The molecule has 1 aromatic heterocycles. The Kier molecular flexibility index (Phi) is 5.88. The second-order valence-electron chi connectivity index (χ2n) is 8.19. The van der Waals surface area contributed by atoms with Gasteiger partial charge < -0.3 is 16.0 Å². The van der Waals surface area contributed by atoms with Gasteiger partial charge in [0.2, 0.25) is 20.0 Å². The second-order valence-corrected chi connectivity index (χ2v) is 11.4. The lowest BCUT2D eigenvalue weighted by Crippen LogP contribution is -2.43. The van der Waals surface area contributed by atoms with Crippen molar-refractivity contribution in [3.63, 3.8) is 0 Å². The number of nitrogens with zero attached hydrogens (tertiary/aromatic N) is 4. The van der Waals surface area contributed by atoms with Crippen LogP contribution in [0, 0.1) is 0 Å². The van der Waals surface area contributed by atoms with Crippen LogP contribution in [0.3, 0.4) is 0 Å². The predicted octanol–water partition coefficient (Wildman–Crippen LogP) is 0.660. The van der Waals surface area contributed by atoms with Crippen LogP contribution >= 0.6 is 0 Å². The smallest absolute Gasteiger partial charge is 0.242 e. The molecule has 0 atom stereocenters. The molecule has 1 fully saturated rings. The van der Waals surface area contributed by atoms with Gasteiger partial charge in [-0.2, -0.15) is 5.11 Å². The van der Waals surface area contributed by atoms with Crippen molar-refractivity contribution in [3.05, 3.63) is 35.9 Å². The summed E-state index contributed by atoms with van der Waals surface area (Å²) >= 11 is 0. The number of hydrogen-bond donors (Lipinski definition) is 5. The lowest BCUT2D eigenvalue weighted by molar-refractivity contribution is 0.426. The van der Waals surface area contributed by atoms with Gasteiger partial charge in [0.25, 0.3) is 0 Å². The average molecular weight is 518 g/mol. The molecule has 0 spiro atoms. The lowest BCUT2D eigenvalue weighted by atomic mass is 9.97. The van der Waals surface area contributed by atoms with Crippen LogP contribution in [-0.4, -0.2) is 58.4 Å². The maximum Gasteiger partial charge on any atom is 0.242 e. The summed E-state index contributed by atoms with van der Waals surface area (Å²) in [5.74, 6) is 0.132. The first kappa shape index (κ1) is 23.5. The van der Waals surface area contributed by atoms with Crippen LogP contribution in [0.15, 0.2) is 55.3 Å². The minimum atomic E-state index is -4.57. The molecule has 0 amide bonds. The van der Waals surface area contributed by atoms with Crippen molar-refractivity contribution in [1.29, 1.82) is 0 Å². The van der Waals surface area contributed by atoms with E-state index in [0.717, 1.165) is 0 Å². The molecule has 35 heavy (non-hydrogen) atoms. The highest BCUT2D eigenvalue weighted by Crippen LogP contribution is 2.37. The fraction of sp³-hybridized carbons (Fsp3) is 0.300.